The first-order valence-corrected chi connectivity index (χ1v) is 11.1. The van der Waals surface area contributed by atoms with E-state index in [1.165, 1.54) is 27.8 Å². The van der Waals surface area contributed by atoms with Gasteiger partial charge in [-0.15, -0.1) is 5.10 Å². The van der Waals surface area contributed by atoms with Gasteiger partial charge in [0, 0.05) is 16.8 Å². The number of aryl methyl sites for hydroxylation is 4. The summed E-state index contributed by atoms with van der Waals surface area (Å²) in [6, 6.07) is 20.9. The van der Waals surface area contributed by atoms with Crippen molar-refractivity contribution >= 4 is 22.3 Å². The predicted molar refractivity (Wildman–Crippen MR) is 136 cm³/mol. The Morgan fingerprint density at radius 3 is 2.27 bits per heavy atom. The second kappa shape index (κ2) is 8.17. The van der Waals surface area contributed by atoms with E-state index in [9.17, 15) is 0 Å². The van der Waals surface area contributed by atoms with Crippen LogP contribution in [0.15, 0.2) is 66.9 Å². The molecular weight excluding hydrogens is 406 g/mol. The maximum atomic E-state index is 4.88. The Kier molecular flexibility index (Phi) is 5.17. The lowest BCUT2D eigenvalue weighted by atomic mass is 10.0. The molecule has 0 unspecified atom stereocenters. The number of hydrogen-bond donors (Lipinski definition) is 1. The van der Waals surface area contributed by atoms with Crippen molar-refractivity contribution in [3.63, 3.8) is 0 Å². The lowest BCUT2D eigenvalue weighted by Crippen LogP contribution is -1.98. The summed E-state index contributed by atoms with van der Waals surface area (Å²) in [6.07, 6.45) is 1.94. The van der Waals surface area contributed by atoms with E-state index in [0.717, 1.165) is 39.4 Å². The highest BCUT2D eigenvalue weighted by molar-refractivity contribution is 5.94. The minimum absolute atomic E-state index is 0.750. The summed E-state index contributed by atoms with van der Waals surface area (Å²) in [5.41, 5.74) is 11.9. The number of anilines is 2. The van der Waals surface area contributed by atoms with Crippen molar-refractivity contribution in [1.82, 2.24) is 20.0 Å². The van der Waals surface area contributed by atoms with Gasteiger partial charge in [0.2, 0.25) is 0 Å². The Labute approximate surface area is 194 Å². The summed E-state index contributed by atoms with van der Waals surface area (Å²) in [7, 11) is 0. The number of pyridine rings is 1. The Hall–Kier alpha value is -3.99. The summed E-state index contributed by atoms with van der Waals surface area (Å²) >= 11 is 0. The zero-order chi connectivity index (χ0) is 23.1. The molecule has 0 saturated heterocycles. The van der Waals surface area contributed by atoms with Gasteiger partial charge in [-0.3, -0.25) is 0 Å². The van der Waals surface area contributed by atoms with Crippen LogP contribution < -0.4 is 5.32 Å². The summed E-state index contributed by atoms with van der Waals surface area (Å²) in [5, 5.41) is 13.4. The molecule has 0 aliphatic rings. The molecule has 5 rings (SSSR count). The predicted octanol–water partition coefficient (Wildman–Crippen LogP) is 6.77. The first-order chi connectivity index (χ1) is 15.9. The monoisotopic (exact) mass is 433 g/mol. The van der Waals surface area contributed by atoms with Crippen LogP contribution in [0.4, 0.5) is 11.4 Å². The number of aromatic nitrogens is 4. The third-order valence-corrected chi connectivity index (χ3v) is 6.45. The van der Waals surface area contributed by atoms with Crippen molar-refractivity contribution < 1.29 is 0 Å². The van der Waals surface area contributed by atoms with E-state index in [0.29, 0.717) is 0 Å². The Bertz CT molecular complexity index is 1470. The Balaban J connectivity index is 1.48. The lowest BCUT2D eigenvalue weighted by Gasteiger charge is -2.11. The second-order valence-corrected chi connectivity index (χ2v) is 8.75. The lowest BCUT2D eigenvalue weighted by molar-refractivity contribution is 0.801. The van der Waals surface area contributed by atoms with Gasteiger partial charge in [0.05, 0.1) is 23.1 Å². The van der Waals surface area contributed by atoms with Gasteiger partial charge in [0.1, 0.15) is 5.69 Å². The standard InChI is InChI=1S/C28H27N5/c1-17-9-10-22(13-18(17)2)29-25-7-6-8-26-24(25)11-12-27(30-26)28-16-33(32-31-28)23-14-19(3)21(5)20(4)15-23/h6-16,29H,1-5H3. The largest absolute Gasteiger partial charge is 0.355 e. The van der Waals surface area contributed by atoms with Crippen LogP contribution in [0.3, 0.4) is 0 Å². The van der Waals surface area contributed by atoms with Gasteiger partial charge in [-0.1, -0.05) is 17.3 Å². The van der Waals surface area contributed by atoms with Crippen LogP contribution >= 0.6 is 0 Å². The van der Waals surface area contributed by atoms with E-state index in [2.05, 4.69) is 92.7 Å². The van der Waals surface area contributed by atoms with Crippen molar-refractivity contribution in [2.75, 3.05) is 5.32 Å². The van der Waals surface area contributed by atoms with Gasteiger partial charge in [0.25, 0.3) is 0 Å². The average molecular weight is 434 g/mol. The third-order valence-electron chi connectivity index (χ3n) is 6.45. The number of fused-ring (bicyclic) bond motifs is 1. The zero-order valence-corrected chi connectivity index (χ0v) is 19.6. The highest BCUT2D eigenvalue weighted by atomic mass is 15.4. The number of benzene rings is 3. The fourth-order valence-electron chi connectivity index (χ4n) is 4.03. The SMILES string of the molecule is Cc1ccc(Nc2cccc3nc(-c4cn(-c5cc(C)c(C)c(C)c5)nn4)ccc23)cc1C. The zero-order valence-electron chi connectivity index (χ0n) is 19.6. The molecule has 2 aromatic heterocycles. The first kappa shape index (κ1) is 20.9. The van der Waals surface area contributed by atoms with E-state index in [-0.39, 0.29) is 0 Å². The van der Waals surface area contributed by atoms with Gasteiger partial charge in [-0.25, -0.2) is 9.67 Å². The van der Waals surface area contributed by atoms with Crippen molar-refractivity contribution in [2.45, 2.75) is 34.6 Å². The molecule has 164 valence electrons. The second-order valence-electron chi connectivity index (χ2n) is 8.75. The number of nitrogens with one attached hydrogen (secondary N) is 1. The maximum absolute atomic E-state index is 4.88. The minimum atomic E-state index is 0.750. The molecule has 1 N–H and O–H groups in total. The highest BCUT2D eigenvalue weighted by Gasteiger charge is 2.11. The molecule has 3 aromatic carbocycles. The van der Waals surface area contributed by atoms with E-state index in [4.69, 9.17) is 4.98 Å². The minimum Gasteiger partial charge on any atom is -0.355 e. The van der Waals surface area contributed by atoms with Crippen LogP contribution in [0, 0.1) is 34.6 Å². The molecule has 5 heteroatoms. The van der Waals surface area contributed by atoms with Gasteiger partial charge >= 0.3 is 0 Å². The van der Waals surface area contributed by atoms with Crippen LogP contribution in [0.1, 0.15) is 27.8 Å². The molecule has 0 atom stereocenters. The molecule has 0 aliphatic heterocycles. The summed E-state index contributed by atoms with van der Waals surface area (Å²) in [4.78, 5) is 4.88. The molecule has 5 aromatic rings. The number of hydrogen-bond acceptors (Lipinski definition) is 4. The molecular formula is C28H27N5. The third kappa shape index (κ3) is 3.98. The van der Waals surface area contributed by atoms with Gasteiger partial charge < -0.3 is 5.32 Å². The molecule has 0 saturated carbocycles. The molecule has 0 radical (unpaired) electrons. The van der Waals surface area contributed by atoms with Crippen LogP contribution in [-0.4, -0.2) is 20.0 Å². The molecule has 5 nitrogen and oxygen atoms in total. The molecule has 0 amide bonds. The van der Waals surface area contributed by atoms with Crippen molar-refractivity contribution in [3.8, 4) is 17.1 Å². The smallest absolute Gasteiger partial charge is 0.131 e. The molecule has 33 heavy (non-hydrogen) atoms. The number of nitrogens with zero attached hydrogens (tertiary/aromatic N) is 4. The molecule has 0 fully saturated rings. The van der Waals surface area contributed by atoms with Gasteiger partial charge in [0.15, 0.2) is 0 Å². The first-order valence-electron chi connectivity index (χ1n) is 11.1. The van der Waals surface area contributed by atoms with Crippen molar-refractivity contribution in [3.05, 3.63) is 94.7 Å². The maximum Gasteiger partial charge on any atom is 0.131 e. The summed E-state index contributed by atoms with van der Waals surface area (Å²) in [6.45, 7) is 10.6. The van der Waals surface area contributed by atoms with Gasteiger partial charge in [-0.05, 0) is 111 Å². The summed E-state index contributed by atoms with van der Waals surface area (Å²) in [5.74, 6) is 0. The Morgan fingerprint density at radius 1 is 0.727 bits per heavy atom. The van der Waals surface area contributed by atoms with Crippen LogP contribution in [0.5, 0.6) is 0 Å². The Morgan fingerprint density at radius 2 is 1.52 bits per heavy atom. The average Bonchev–Trinajstić information content (AvgIpc) is 3.30. The van der Waals surface area contributed by atoms with Crippen LogP contribution in [-0.2, 0) is 0 Å². The highest BCUT2D eigenvalue weighted by Crippen LogP contribution is 2.29. The fraction of sp³-hybridized carbons (Fsp3) is 0.179. The van der Waals surface area contributed by atoms with Gasteiger partial charge in [-0.2, -0.15) is 0 Å². The normalized spacial score (nSPS) is 11.2. The molecule has 0 bridgehead atoms. The van der Waals surface area contributed by atoms with E-state index in [1.807, 2.05) is 29.1 Å². The fourth-order valence-corrected chi connectivity index (χ4v) is 4.03. The summed E-state index contributed by atoms with van der Waals surface area (Å²) < 4.78 is 1.82. The van der Waals surface area contributed by atoms with E-state index < -0.39 is 0 Å². The van der Waals surface area contributed by atoms with Crippen LogP contribution in [0.2, 0.25) is 0 Å². The molecule has 0 aliphatic carbocycles. The van der Waals surface area contributed by atoms with Crippen molar-refractivity contribution in [1.29, 1.82) is 0 Å². The topological polar surface area (TPSA) is 55.6 Å². The quantitative estimate of drug-likeness (QED) is 0.340. The molecule has 0 spiro atoms. The molecule has 2 heterocycles. The number of rotatable bonds is 4. The van der Waals surface area contributed by atoms with Crippen LogP contribution in [0.25, 0.3) is 28.0 Å². The van der Waals surface area contributed by atoms with E-state index in [1.54, 1.807) is 0 Å². The van der Waals surface area contributed by atoms with E-state index >= 15 is 0 Å². The van der Waals surface area contributed by atoms with Crippen molar-refractivity contribution in [2.24, 2.45) is 0 Å².